The summed E-state index contributed by atoms with van der Waals surface area (Å²) < 4.78 is 11.8. The smallest absolute Gasteiger partial charge is 0.343 e. The van der Waals surface area contributed by atoms with Crippen LogP contribution in [0.4, 0.5) is 0 Å². The Morgan fingerprint density at radius 3 is 2.78 bits per heavy atom. The molecule has 32 heavy (non-hydrogen) atoms. The summed E-state index contributed by atoms with van der Waals surface area (Å²) >= 11 is 4.96. The Kier molecular flexibility index (Phi) is 5.57. The van der Waals surface area contributed by atoms with Crippen LogP contribution in [-0.4, -0.2) is 23.0 Å². The lowest BCUT2D eigenvalue weighted by Gasteiger charge is -2.11. The molecule has 2 aromatic heterocycles. The van der Waals surface area contributed by atoms with Gasteiger partial charge in [0.1, 0.15) is 10.7 Å². The van der Waals surface area contributed by atoms with Crippen LogP contribution in [0.2, 0.25) is 0 Å². The average Bonchev–Trinajstić information content (AvgIpc) is 3.18. The van der Waals surface area contributed by atoms with Crippen molar-refractivity contribution in [3.8, 4) is 22.9 Å². The van der Waals surface area contributed by atoms with Crippen molar-refractivity contribution in [1.29, 1.82) is 0 Å². The molecular formula is C24H19BrN2O4S. The van der Waals surface area contributed by atoms with Crippen LogP contribution in [0.3, 0.4) is 0 Å². The van der Waals surface area contributed by atoms with E-state index in [2.05, 4.69) is 20.9 Å². The first-order chi connectivity index (χ1) is 15.5. The highest BCUT2D eigenvalue weighted by Crippen LogP contribution is 2.36. The first-order valence-corrected chi connectivity index (χ1v) is 11.8. The normalized spacial score (nSPS) is 13.1. The molecule has 0 amide bonds. The molecule has 8 heteroatoms. The summed E-state index contributed by atoms with van der Waals surface area (Å²) in [5.74, 6) is 0.633. The molecule has 0 unspecified atom stereocenters. The fourth-order valence-electron chi connectivity index (χ4n) is 3.97. The predicted molar refractivity (Wildman–Crippen MR) is 128 cm³/mol. The summed E-state index contributed by atoms with van der Waals surface area (Å²) in [6, 6.07) is 12.1. The molecular weight excluding hydrogens is 492 g/mol. The summed E-state index contributed by atoms with van der Waals surface area (Å²) in [7, 11) is 1.50. The third-order valence-electron chi connectivity index (χ3n) is 5.53. The number of nitrogens with zero attached hydrogens (tertiary/aromatic N) is 1. The summed E-state index contributed by atoms with van der Waals surface area (Å²) in [4.78, 5) is 35.1. The largest absolute Gasteiger partial charge is 0.493 e. The zero-order valence-electron chi connectivity index (χ0n) is 17.2. The van der Waals surface area contributed by atoms with Crippen LogP contribution in [0.25, 0.3) is 21.6 Å². The zero-order valence-corrected chi connectivity index (χ0v) is 19.6. The van der Waals surface area contributed by atoms with E-state index in [0.717, 1.165) is 45.9 Å². The summed E-state index contributed by atoms with van der Waals surface area (Å²) in [6.45, 7) is 0. The number of hydrogen-bond acceptors (Lipinski definition) is 6. The van der Waals surface area contributed by atoms with Gasteiger partial charge in [-0.3, -0.25) is 4.79 Å². The number of hydrogen-bond donors (Lipinski definition) is 1. The van der Waals surface area contributed by atoms with Crippen molar-refractivity contribution in [1.82, 2.24) is 9.97 Å². The first kappa shape index (κ1) is 20.9. The van der Waals surface area contributed by atoms with Crippen LogP contribution in [0.5, 0.6) is 11.5 Å². The van der Waals surface area contributed by atoms with Crippen molar-refractivity contribution in [2.75, 3.05) is 7.11 Å². The van der Waals surface area contributed by atoms with Crippen LogP contribution in [0.15, 0.2) is 51.7 Å². The number of methoxy groups -OCH3 is 1. The number of aromatic nitrogens is 2. The molecule has 1 aliphatic rings. The summed E-state index contributed by atoms with van der Waals surface area (Å²) in [5.41, 5.74) is 2.13. The maximum Gasteiger partial charge on any atom is 0.343 e. The number of fused-ring (bicyclic) bond motifs is 3. The lowest BCUT2D eigenvalue weighted by Crippen LogP contribution is -2.11. The van der Waals surface area contributed by atoms with E-state index in [0.29, 0.717) is 22.7 Å². The van der Waals surface area contributed by atoms with Gasteiger partial charge in [0, 0.05) is 14.9 Å². The van der Waals surface area contributed by atoms with Gasteiger partial charge >= 0.3 is 5.97 Å². The molecule has 1 aliphatic carbocycles. The second kappa shape index (κ2) is 8.52. The molecule has 4 aromatic rings. The Hall–Kier alpha value is -2.97. The molecule has 2 aromatic carbocycles. The maximum absolute atomic E-state index is 12.9. The molecule has 5 rings (SSSR count). The number of aromatic amines is 1. The molecule has 0 saturated heterocycles. The number of benzene rings is 2. The molecule has 0 aliphatic heterocycles. The number of carbonyl (C=O) groups is 1. The highest BCUT2D eigenvalue weighted by atomic mass is 79.9. The van der Waals surface area contributed by atoms with E-state index >= 15 is 0 Å². The Morgan fingerprint density at radius 1 is 1.12 bits per heavy atom. The van der Waals surface area contributed by atoms with Gasteiger partial charge in [0.15, 0.2) is 11.5 Å². The van der Waals surface area contributed by atoms with Crippen molar-refractivity contribution in [3.63, 3.8) is 0 Å². The van der Waals surface area contributed by atoms with Gasteiger partial charge in [0.25, 0.3) is 5.56 Å². The number of carbonyl (C=O) groups excluding carboxylic acids is 1. The topological polar surface area (TPSA) is 81.3 Å². The van der Waals surface area contributed by atoms with Crippen LogP contribution in [-0.2, 0) is 12.8 Å². The van der Waals surface area contributed by atoms with Gasteiger partial charge in [-0.2, -0.15) is 0 Å². The predicted octanol–water partition coefficient (Wildman–Crippen LogP) is 5.52. The Labute approximate surface area is 196 Å². The van der Waals surface area contributed by atoms with Gasteiger partial charge < -0.3 is 14.5 Å². The van der Waals surface area contributed by atoms with Crippen molar-refractivity contribution in [3.05, 3.63) is 73.3 Å². The molecule has 1 N–H and O–H groups in total. The maximum atomic E-state index is 12.9. The number of H-pyrrole nitrogens is 1. The van der Waals surface area contributed by atoms with Gasteiger partial charge in [0.05, 0.1) is 18.1 Å². The third kappa shape index (κ3) is 3.84. The van der Waals surface area contributed by atoms with Crippen molar-refractivity contribution < 1.29 is 14.3 Å². The van der Waals surface area contributed by atoms with Crippen molar-refractivity contribution in [2.24, 2.45) is 0 Å². The zero-order chi connectivity index (χ0) is 22.2. The lowest BCUT2D eigenvalue weighted by atomic mass is 9.97. The fourth-order valence-corrected chi connectivity index (χ4v) is 5.64. The number of aryl methyl sites for hydroxylation is 2. The number of esters is 1. The van der Waals surface area contributed by atoms with Gasteiger partial charge in [-0.05, 0) is 67.6 Å². The lowest BCUT2D eigenvalue weighted by molar-refractivity contribution is 0.0729. The summed E-state index contributed by atoms with van der Waals surface area (Å²) in [5, 5.41) is 0.722. The van der Waals surface area contributed by atoms with Gasteiger partial charge in [-0.1, -0.05) is 22.0 Å². The minimum absolute atomic E-state index is 0.117. The monoisotopic (exact) mass is 510 g/mol. The molecule has 6 nitrogen and oxygen atoms in total. The summed E-state index contributed by atoms with van der Waals surface area (Å²) in [6.07, 6.45) is 4.21. The molecule has 0 radical (unpaired) electrons. The van der Waals surface area contributed by atoms with Gasteiger partial charge in [-0.25, -0.2) is 9.78 Å². The number of thiophene rings is 1. The third-order valence-corrected chi connectivity index (χ3v) is 7.20. The van der Waals surface area contributed by atoms with Gasteiger partial charge in [-0.15, -0.1) is 11.3 Å². The minimum Gasteiger partial charge on any atom is -0.493 e. The molecule has 0 fully saturated rings. The van der Waals surface area contributed by atoms with Crippen LogP contribution < -0.4 is 15.0 Å². The Bertz CT molecular complexity index is 1410. The molecule has 0 atom stereocenters. The van der Waals surface area contributed by atoms with E-state index in [-0.39, 0.29) is 11.3 Å². The fraction of sp³-hybridized carbons (Fsp3) is 0.208. The second-order valence-electron chi connectivity index (χ2n) is 7.57. The Morgan fingerprint density at radius 2 is 1.97 bits per heavy atom. The van der Waals surface area contributed by atoms with Crippen molar-refractivity contribution >= 4 is 43.5 Å². The van der Waals surface area contributed by atoms with Crippen molar-refractivity contribution in [2.45, 2.75) is 25.7 Å². The van der Waals surface area contributed by atoms with Gasteiger partial charge in [0.2, 0.25) is 0 Å². The van der Waals surface area contributed by atoms with Crippen LogP contribution in [0, 0.1) is 0 Å². The number of halogens is 1. The Balaban J connectivity index is 1.49. The second-order valence-corrected chi connectivity index (χ2v) is 9.57. The van der Waals surface area contributed by atoms with Crippen LogP contribution in [0.1, 0.15) is 33.6 Å². The van der Waals surface area contributed by atoms with E-state index in [9.17, 15) is 9.59 Å². The first-order valence-electron chi connectivity index (χ1n) is 10.2. The number of nitrogens with one attached hydrogen (secondary N) is 1. The molecule has 0 saturated carbocycles. The molecule has 2 heterocycles. The highest BCUT2D eigenvalue weighted by Gasteiger charge is 2.21. The average molecular weight is 511 g/mol. The minimum atomic E-state index is -0.491. The van der Waals surface area contributed by atoms with E-state index in [1.54, 1.807) is 47.7 Å². The molecule has 0 spiro atoms. The highest BCUT2D eigenvalue weighted by molar-refractivity contribution is 9.10. The van der Waals surface area contributed by atoms with Crippen LogP contribution >= 0.6 is 27.3 Å². The quantitative estimate of drug-likeness (QED) is 0.288. The molecule has 162 valence electrons. The standard InChI is InChI=1S/C24H19BrN2O4S/c1-30-18-12-13(9-10-17(18)31-24(29)14-5-4-6-15(25)11-14)21-26-22(28)20-16-7-2-3-8-19(16)32-23(20)27-21/h4-6,9-12H,2-3,7-8H2,1H3,(H,26,27,28). The van der Waals surface area contributed by atoms with E-state index < -0.39 is 5.97 Å². The van der Waals surface area contributed by atoms with E-state index in [1.807, 2.05) is 6.07 Å². The van der Waals surface area contributed by atoms with E-state index in [1.165, 1.54) is 12.0 Å². The molecule has 0 bridgehead atoms. The SMILES string of the molecule is COc1cc(-c2nc3sc4c(c3c(=O)[nH]2)CCCC4)ccc1OC(=O)c1cccc(Br)c1. The van der Waals surface area contributed by atoms with E-state index in [4.69, 9.17) is 14.5 Å². The number of ether oxygens (including phenoxy) is 2. The number of rotatable bonds is 4.